The number of unbranched alkanes of at least 4 members (excludes halogenated alkanes) is 10. The van der Waals surface area contributed by atoms with Crippen LogP contribution in [0.1, 0.15) is 116 Å². The van der Waals surface area contributed by atoms with E-state index in [1.54, 1.807) is 21.1 Å². The Kier molecular flexibility index (Phi) is 27.1. The van der Waals surface area contributed by atoms with Gasteiger partial charge in [-0.05, 0) is 44.9 Å². The molecule has 2 atom stereocenters. The average molecular weight is 606 g/mol. The van der Waals surface area contributed by atoms with Crippen LogP contribution in [0.25, 0.3) is 0 Å². The zero-order valence-corrected chi connectivity index (χ0v) is 27.9. The van der Waals surface area contributed by atoms with Crippen molar-refractivity contribution in [1.82, 2.24) is 0 Å². The molecule has 0 rings (SSSR count). The number of carboxylic acids is 1. The molecule has 1 N–H and O–H groups in total. The number of carbonyl (C=O) groups excluding carboxylic acids is 2. The second-order valence-corrected chi connectivity index (χ2v) is 12.2. The molecule has 248 valence electrons. The average Bonchev–Trinajstić information content (AvgIpc) is 2.95. The first-order valence-corrected chi connectivity index (χ1v) is 16.7. The van der Waals surface area contributed by atoms with Gasteiger partial charge in [0.25, 0.3) is 0 Å². The van der Waals surface area contributed by atoms with Crippen molar-refractivity contribution >= 4 is 11.9 Å². The molecule has 0 aromatic carbocycles. The van der Waals surface area contributed by atoms with Gasteiger partial charge in [0.15, 0.2) is 0 Å². The fourth-order valence-electron chi connectivity index (χ4n) is 4.59. The highest BCUT2D eigenvalue weighted by atomic mass is 16.5. The summed E-state index contributed by atoms with van der Waals surface area (Å²) in [7, 11) is 5.35. The largest absolute Gasteiger partial charge is 0.544 e. The monoisotopic (exact) mass is 605 g/mol. The van der Waals surface area contributed by atoms with Crippen LogP contribution in [0.5, 0.6) is 0 Å². The zero-order chi connectivity index (χ0) is 32.0. The van der Waals surface area contributed by atoms with Gasteiger partial charge in [0.05, 0.1) is 40.3 Å². The molecular formula is C36H63NO6. The molecule has 7 nitrogen and oxygen atoms in total. The molecule has 7 heteroatoms. The number of aliphatic carboxylic acids is 1. The third-order valence-electron chi connectivity index (χ3n) is 7.21. The number of allylic oxidation sites excluding steroid dienone is 8. The molecule has 0 aliphatic carbocycles. The first-order valence-electron chi connectivity index (χ1n) is 16.7. The lowest BCUT2D eigenvalue weighted by molar-refractivity contribution is -0.889. The SMILES string of the molecule is CC/C=C\C/C=C\C/C=C\C/C=C\CCCCCCCCCCCCC(=O)OCC(O)COCCC(C(=O)[O-])[N+](C)(C)C. The molecule has 0 aliphatic heterocycles. The Morgan fingerprint density at radius 3 is 1.72 bits per heavy atom. The van der Waals surface area contributed by atoms with Crippen molar-refractivity contribution < 1.29 is 33.8 Å². The molecule has 0 fully saturated rings. The highest BCUT2D eigenvalue weighted by molar-refractivity contribution is 5.69. The summed E-state index contributed by atoms with van der Waals surface area (Å²) in [5, 5.41) is 21.2. The van der Waals surface area contributed by atoms with Crippen molar-refractivity contribution in [3.8, 4) is 0 Å². The van der Waals surface area contributed by atoms with Crippen molar-refractivity contribution in [3.63, 3.8) is 0 Å². The second-order valence-electron chi connectivity index (χ2n) is 12.2. The molecule has 43 heavy (non-hydrogen) atoms. The summed E-state index contributed by atoms with van der Waals surface area (Å²) in [5.74, 6) is -1.42. The van der Waals surface area contributed by atoms with E-state index in [2.05, 4.69) is 55.5 Å². The maximum Gasteiger partial charge on any atom is 0.305 e. The predicted molar refractivity (Wildman–Crippen MR) is 175 cm³/mol. The summed E-state index contributed by atoms with van der Waals surface area (Å²) in [6.07, 6.45) is 34.9. The predicted octanol–water partition coefficient (Wildman–Crippen LogP) is 6.61. The maximum atomic E-state index is 11.9. The fourth-order valence-corrected chi connectivity index (χ4v) is 4.59. The van der Waals surface area contributed by atoms with Crippen molar-refractivity contribution in [3.05, 3.63) is 48.6 Å². The lowest BCUT2D eigenvalue weighted by Gasteiger charge is -2.34. The minimum Gasteiger partial charge on any atom is -0.544 e. The Hall–Kier alpha value is -2.22. The van der Waals surface area contributed by atoms with Gasteiger partial charge < -0.3 is 29.0 Å². The number of carbonyl (C=O) groups is 2. The van der Waals surface area contributed by atoms with Gasteiger partial charge in [-0.15, -0.1) is 0 Å². The number of likely N-dealkylation sites (N-methyl/N-ethyl adjacent to an activating group) is 1. The highest BCUT2D eigenvalue weighted by Crippen LogP contribution is 2.13. The molecule has 0 saturated heterocycles. The normalized spacial score (nSPS) is 14.0. The molecular weight excluding hydrogens is 542 g/mol. The van der Waals surface area contributed by atoms with E-state index in [1.807, 2.05) is 0 Å². The highest BCUT2D eigenvalue weighted by Gasteiger charge is 2.24. The van der Waals surface area contributed by atoms with Gasteiger partial charge in [0.2, 0.25) is 0 Å². The molecule has 0 radical (unpaired) electrons. The number of hydrogen-bond donors (Lipinski definition) is 1. The number of aliphatic hydroxyl groups is 1. The van der Waals surface area contributed by atoms with Crippen LogP contribution >= 0.6 is 0 Å². The van der Waals surface area contributed by atoms with Gasteiger partial charge in [0, 0.05) is 12.8 Å². The first-order chi connectivity index (χ1) is 20.7. The summed E-state index contributed by atoms with van der Waals surface area (Å²) in [6, 6.07) is -0.688. The Morgan fingerprint density at radius 2 is 1.21 bits per heavy atom. The Labute approximate surface area is 263 Å². The smallest absolute Gasteiger partial charge is 0.305 e. The first kappa shape index (κ1) is 40.8. The molecule has 2 unspecified atom stereocenters. The van der Waals surface area contributed by atoms with Crippen molar-refractivity contribution in [2.45, 2.75) is 128 Å². The number of rotatable bonds is 29. The van der Waals surface area contributed by atoms with Crippen molar-refractivity contribution in [2.24, 2.45) is 0 Å². The third-order valence-corrected chi connectivity index (χ3v) is 7.21. The molecule has 0 bridgehead atoms. The number of ether oxygens (including phenoxy) is 2. The second kappa shape index (κ2) is 28.5. The van der Waals surface area contributed by atoms with Crippen molar-refractivity contribution in [2.75, 3.05) is 41.0 Å². The van der Waals surface area contributed by atoms with Crippen LogP contribution in [-0.2, 0) is 19.1 Å². The maximum absolute atomic E-state index is 11.9. The van der Waals surface area contributed by atoms with Crippen LogP contribution in [0.2, 0.25) is 0 Å². The molecule has 0 heterocycles. The van der Waals surface area contributed by atoms with E-state index in [-0.39, 0.29) is 36.7 Å². The van der Waals surface area contributed by atoms with Gasteiger partial charge in [-0.2, -0.15) is 0 Å². The summed E-state index contributed by atoms with van der Waals surface area (Å²) in [6.45, 7) is 2.23. The Morgan fingerprint density at radius 1 is 0.721 bits per heavy atom. The van der Waals surface area contributed by atoms with E-state index >= 15 is 0 Å². The Bertz CT molecular complexity index is 796. The van der Waals surface area contributed by atoms with E-state index in [4.69, 9.17) is 9.47 Å². The Balaban J connectivity index is 3.50. The fraction of sp³-hybridized carbons (Fsp3) is 0.722. The van der Waals surface area contributed by atoms with E-state index in [0.29, 0.717) is 6.42 Å². The quantitative estimate of drug-likeness (QED) is 0.0446. The minimum atomic E-state index is -1.12. The lowest BCUT2D eigenvalue weighted by atomic mass is 10.1. The third kappa shape index (κ3) is 28.3. The molecule has 0 amide bonds. The molecule has 0 saturated carbocycles. The summed E-state index contributed by atoms with van der Waals surface area (Å²) in [4.78, 5) is 23.2. The van der Waals surface area contributed by atoms with E-state index in [1.165, 1.54) is 51.4 Å². The van der Waals surface area contributed by atoms with E-state index < -0.39 is 18.1 Å². The number of quaternary nitrogens is 1. The molecule has 0 aliphatic rings. The minimum absolute atomic E-state index is 0.00449. The van der Waals surface area contributed by atoms with Gasteiger partial charge >= 0.3 is 5.97 Å². The number of carboxylic acid groups (broad SMARTS) is 1. The summed E-state index contributed by atoms with van der Waals surface area (Å²) < 4.78 is 10.7. The van der Waals surface area contributed by atoms with Crippen LogP contribution in [0.4, 0.5) is 0 Å². The van der Waals surface area contributed by atoms with Gasteiger partial charge in [-0.3, -0.25) is 4.79 Å². The number of aliphatic hydroxyl groups excluding tert-OH is 1. The van der Waals surface area contributed by atoms with Crippen molar-refractivity contribution in [1.29, 1.82) is 0 Å². The van der Waals surface area contributed by atoms with Gasteiger partial charge in [-0.1, -0.05) is 107 Å². The number of esters is 1. The lowest BCUT2D eigenvalue weighted by Crippen LogP contribution is -2.55. The molecule has 0 aromatic rings. The molecule has 0 aromatic heterocycles. The summed E-state index contributed by atoms with van der Waals surface area (Å²) >= 11 is 0. The van der Waals surface area contributed by atoms with Gasteiger partial charge in [0.1, 0.15) is 18.8 Å². The topological polar surface area (TPSA) is 95.9 Å². The van der Waals surface area contributed by atoms with E-state index in [9.17, 15) is 19.8 Å². The number of hydrogen-bond acceptors (Lipinski definition) is 6. The molecule has 0 spiro atoms. The van der Waals surface area contributed by atoms with Crippen LogP contribution in [0.3, 0.4) is 0 Å². The van der Waals surface area contributed by atoms with Gasteiger partial charge in [-0.25, -0.2) is 0 Å². The standard InChI is InChI=1S/C36H63NO6/c1-5-6-7-8-9-10-11-12-13-14-15-16-17-18-19-20-21-22-23-24-25-26-27-28-35(39)43-32-33(38)31-42-30-29-34(36(40)41)37(2,3)4/h6-7,9-10,12-13,15-16,33-34,38H,5,8,11,14,17-32H2,1-4H3/b7-6-,10-9-,13-12-,16-15-. The van der Waals surface area contributed by atoms with Crippen LogP contribution in [-0.4, -0.2) is 74.6 Å². The zero-order valence-electron chi connectivity index (χ0n) is 27.9. The van der Waals surface area contributed by atoms with Crippen LogP contribution < -0.4 is 5.11 Å². The van der Waals surface area contributed by atoms with E-state index in [0.717, 1.165) is 44.9 Å². The van der Waals surface area contributed by atoms with Crippen LogP contribution in [0, 0.1) is 0 Å². The number of nitrogens with zero attached hydrogens (tertiary/aromatic N) is 1. The van der Waals surface area contributed by atoms with Crippen LogP contribution in [0.15, 0.2) is 48.6 Å². The summed E-state index contributed by atoms with van der Waals surface area (Å²) in [5.41, 5.74) is 0.